The van der Waals surface area contributed by atoms with E-state index >= 15 is 0 Å². The first kappa shape index (κ1) is 16.3. The Morgan fingerprint density at radius 3 is 2.65 bits per heavy atom. The van der Waals surface area contributed by atoms with Crippen LogP contribution in [0.4, 0.5) is 5.69 Å². The van der Waals surface area contributed by atoms with E-state index in [9.17, 15) is 18.5 Å². The summed E-state index contributed by atoms with van der Waals surface area (Å²) in [4.78, 5) is 9.90. The molecule has 0 radical (unpaired) electrons. The summed E-state index contributed by atoms with van der Waals surface area (Å²) in [5.74, 6) is 0. The number of hydrogen-bond donors (Lipinski definition) is 1. The third-order valence-corrected chi connectivity index (χ3v) is 4.33. The van der Waals surface area contributed by atoms with Crippen molar-refractivity contribution in [1.29, 1.82) is 0 Å². The van der Waals surface area contributed by atoms with Crippen LogP contribution < -0.4 is 4.72 Å². The van der Waals surface area contributed by atoms with Crippen molar-refractivity contribution in [2.75, 3.05) is 0 Å². The lowest BCUT2D eigenvalue weighted by molar-refractivity contribution is -0.387. The zero-order chi connectivity index (χ0) is 15.2. The number of para-hydroxylation sites is 1. The van der Waals surface area contributed by atoms with Crippen LogP contribution in [-0.2, 0) is 10.0 Å². The largest absolute Gasteiger partial charge is 0.289 e. The van der Waals surface area contributed by atoms with Gasteiger partial charge in [0.1, 0.15) is 0 Å². The van der Waals surface area contributed by atoms with E-state index in [0.29, 0.717) is 12.8 Å². The van der Waals surface area contributed by atoms with Crippen LogP contribution in [0.2, 0.25) is 0 Å². The van der Waals surface area contributed by atoms with Gasteiger partial charge in [-0.25, -0.2) is 13.1 Å². The second-order valence-corrected chi connectivity index (χ2v) is 6.04. The van der Waals surface area contributed by atoms with Crippen molar-refractivity contribution in [3.8, 4) is 0 Å². The topological polar surface area (TPSA) is 89.3 Å². The van der Waals surface area contributed by atoms with E-state index in [1.54, 1.807) is 6.08 Å². The van der Waals surface area contributed by atoms with Gasteiger partial charge >= 0.3 is 0 Å². The maximum Gasteiger partial charge on any atom is 0.289 e. The normalized spacial score (nSPS) is 12.8. The molecule has 0 saturated carbocycles. The zero-order valence-electron chi connectivity index (χ0n) is 11.3. The smallest absolute Gasteiger partial charge is 0.258 e. The predicted molar refractivity (Wildman–Crippen MR) is 76.9 cm³/mol. The minimum atomic E-state index is -3.92. The molecule has 0 aromatic heterocycles. The molecule has 7 heteroatoms. The molecule has 6 nitrogen and oxygen atoms in total. The monoisotopic (exact) mass is 298 g/mol. The molecule has 0 aliphatic rings. The molecule has 1 atom stereocenters. The Morgan fingerprint density at radius 2 is 2.10 bits per heavy atom. The van der Waals surface area contributed by atoms with Crippen LogP contribution in [0.1, 0.15) is 26.2 Å². The van der Waals surface area contributed by atoms with Gasteiger partial charge < -0.3 is 0 Å². The molecule has 110 valence electrons. The Morgan fingerprint density at radius 1 is 1.45 bits per heavy atom. The van der Waals surface area contributed by atoms with E-state index in [-0.39, 0.29) is 10.9 Å². The van der Waals surface area contributed by atoms with Crippen molar-refractivity contribution in [3.63, 3.8) is 0 Å². The number of nitro benzene ring substituents is 1. The molecule has 0 aliphatic heterocycles. The molecule has 0 aliphatic carbocycles. The Balaban J connectivity index is 3.10. The Kier molecular flexibility index (Phi) is 5.84. The Hall–Kier alpha value is -1.73. The van der Waals surface area contributed by atoms with Gasteiger partial charge in [-0.2, -0.15) is 0 Å². The molecule has 0 spiro atoms. The van der Waals surface area contributed by atoms with Gasteiger partial charge in [-0.3, -0.25) is 10.1 Å². The van der Waals surface area contributed by atoms with Crippen molar-refractivity contribution in [2.24, 2.45) is 0 Å². The number of hydrogen-bond acceptors (Lipinski definition) is 4. The van der Waals surface area contributed by atoms with Gasteiger partial charge in [0.05, 0.1) is 4.92 Å². The molecule has 1 aromatic rings. The van der Waals surface area contributed by atoms with E-state index < -0.39 is 20.6 Å². The van der Waals surface area contributed by atoms with E-state index in [2.05, 4.69) is 11.3 Å². The fraction of sp³-hybridized carbons (Fsp3) is 0.385. The molecule has 1 aromatic carbocycles. The first-order valence-electron chi connectivity index (χ1n) is 6.29. The van der Waals surface area contributed by atoms with Gasteiger partial charge in [0, 0.05) is 12.1 Å². The highest BCUT2D eigenvalue weighted by atomic mass is 32.2. The molecule has 0 amide bonds. The standard InChI is InChI=1S/C13H18N2O4S/c1-3-7-11(8-4-2)14-20(18,19)13-10-6-5-9-12(13)15(16)17/h3,5-6,9-11,14H,1,4,7-8H2,2H3/t11-/m1/s1. The van der Waals surface area contributed by atoms with Gasteiger partial charge in [0.2, 0.25) is 10.0 Å². The second-order valence-electron chi connectivity index (χ2n) is 4.36. The number of nitro groups is 1. The van der Waals surface area contributed by atoms with Crippen LogP contribution in [0, 0.1) is 10.1 Å². The first-order valence-corrected chi connectivity index (χ1v) is 7.77. The molecular formula is C13H18N2O4S. The van der Waals surface area contributed by atoms with Gasteiger partial charge in [-0.15, -0.1) is 6.58 Å². The number of nitrogens with zero attached hydrogens (tertiary/aromatic N) is 1. The Labute approximate surface area is 118 Å². The van der Waals surface area contributed by atoms with E-state index in [4.69, 9.17) is 0 Å². The second kappa shape index (κ2) is 7.16. The molecule has 1 rings (SSSR count). The third-order valence-electron chi connectivity index (χ3n) is 2.76. The van der Waals surface area contributed by atoms with Crippen molar-refractivity contribution >= 4 is 15.7 Å². The highest BCUT2D eigenvalue weighted by molar-refractivity contribution is 7.89. The summed E-state index contributed by atoms with van der Waals surface area (Å²) >= 11 is 0. The van der Waals surface area contributed by atoms with Crippen LogP contribution in [-0.4, -0.2) is 19.4 Å². The Bertz CT molecular complexity index is 584. The molecule has 20 heavy (non-hydrogen) atoms. The van der Waals surface area contributed by atoms with E-state index in [1.807, 2.05) is 6.92 Å². The molecule has 0 bridgehead atoms. The van der Waals surface area contributed by atoms with E-state index in [1.165, 1.54) is 24.3 Å². The predicted octanol–water partition coefficient (Wildman–Crippen LogP) is 2.62. The van der Waals surface area contributed by atoms with Crippen LogP contribution in [0.15, 0.2) is 41.8 Å². The minimum Gasteiger partial charge on any atom is -0.258 e. The SMILES string of the molecule is C=CC[C@H](CCC)NS(=O)(=O)c1ccccc1[N+](=O)[O-]. The molecular weight excluding hydrogens is 280 g/mol. The average molecular weight is 298 g/mol. The number of rotatable bonds is 8. The number of benzene rings is 1. The average Bonchev–Trinajstić information content (AvgIpc) is 2.39. The summed E-state index contributed by atoms with van der Waals surface area (Å²) in [7, 11) is -3.92. The highest BCUT2D eigenvalue weighted by Gasteiger charge is 2.26. The third kappa shape index (κ3) is 4.14. The lowest BCUT2D eigenvalue weighted by Crippen LogP contribution is -2.34. The summed E-state index contributed by atoms with van der Waals surface area (Å²) in [6, 6.07) is 5.00. The molecule has 0 heterocycles. The molecule has 0 saturated heterocycles. The van der Waals surface area contributed by atoms with Crippen LogP contribution in [0.25, 0.3) is 0 Å². The molecule has 1 N–H and O–H groups in total. The summed E-state index contributed by atoms with van der Waals surface area (Å²) in [5.41, 5.74) is -0.422. The lowest BCUT2D eigenvalue weighted by atomic mass is 10.1. The quantitative estimate of drug-likeness (QED) is 0.454. The van der Waals surface area contributed by atoms with Crippen LogP contribution in [0.3, 0.4) is 0 Å². The van der Waals surface area contributed by atoms with Gasteiger partial charge in [-0.05, 0) is 18.9 Å². The minimum absolute atomic E-state index is 0.303. The van der Waals surface area contributed by atoms with Gasteiger partial charge in [0.25, 0.3) is 5.69 Å². The fourth-order valence-electron chi connectivity index (χ4n) is 1.89. The van der Waals surface area contributed by atoms with Gasteiger partial charge in [-0.1, -0.05) is 31.6 Å². The zero-order valence-corrected chi connectivity index (χ0v) is 12.1. The van der Waals surface area contributed by atoms with Crippen molar-refractivity contribution < 1.29 is 13.3 Å². The summed E-state index contributed by atoms with van der Waals surface area (Å²) < 4.78 is 27.0. The first-order chi connectivity index (χ1) is 9.42. The van der Waals surface area contributed by atoms with Crippen LogP contribution in [0.5, 0.6) is 0 Å². The lowest BCUT2D eigenvalue weighted by Gasteiger charge is -2.16. The summed E-state index contributed by atoms with van der Waals surface area (Å²) in [6.45, 7) is 5.53. The van der Waals surface area contributed by atoms with Crippen molar-refractivity contribution in [1.82, 2.24) is 4.72 Å². The number of nitrogens with one attached hydrogen (secondary N) is 1. The van der Waals surface area contributed by atoms with Crippen molar-refractivity contribution in [3.05, 3.63) is 47.0 Å². The maximum absolute atomic E-state index is 12.3. The molecule has 0 fully saturated rings. The van der Waals surface area contributed by atoms with Crippen LogP contribution >= 0.6 is 0 Å². The van der Waals surface area contributed by atoms with Crippen molar-refractivity contribution in [2.45, 2.75) is 37.1 Å². The summed E-state index contributed by atoms with van der Waals surface area (Å²) in [5, 5.41) is 10.9. The van der Waals surface area contributed by atoms with Gasteiger partial charge in [0.15, 0.2) is 4.90 Å². The van der Waals surface area contributed by atoms with E-state index in [0.717, 1.165) is 6.42 Å². The number of sulfonamides is 1. The summed E-state index contributed by atoms with van der Waals surface area (Å²) in [6.07, 6.45) is 3.56. The maximum atomic E-state index is 12.3. The highest BCUT2D eigenvalue weighted by Crippen LogP contribution is 2.23. The molecule has 0 unspecified atom stereocenters. The fourth-order valence-corrected chi connectivity index (χ4v) is 3.35.